The van der Waals surface area contributed by atoms with E-state index in [-0.39, 0.29) is 6.71 Å². The van der Waals surface area contributed by atoms with Crippen LogP contribution in [-0.2, 0) is 20.5 Å². The van der Waals surface area contributed by atoms with Crippen LogP contribution < -0.4 is 25.8 Å². The van der Waals surface area contributed by atoms with Crippen LogP contribution in [0.25, 0.3) is 32.7 Å². The van der Waals surface area contributed by atoms with Crippen molar-refractivity contribution < 1.29 is 9.13 Å². The second-order valence-corrected chi connectivity index (χ2v) is 8.64. The summed E-state index contributed by atoms with van der Waals surface area (Å²) in [5.41, 5.74) is 9.62. The highest BCUT2D eigenvalue weighted by molar-refractivity contribution is 6.97. The Bertz CT molecular complexity index is 1550. The fourth-order valence-corrected chi connectivity index (χ4v) is 5.90. The van der Waals surface area contributed by atoms with Crippen LogP contribution in [0.4, 0.5) is 0 Å². The number of nitrogens with zero attached hydrogens (tertiary/aromatic N) is 3. The molecule has 0 aliphatic carbocycles. The van der Waals surface area contributed by atoms with Crippen molar-refractivity contribution in [1.29, 1.82) is 0 Å². The molecule has 4 heteroatoms. The summed E-state index contributed by atoms with van der Waals surface area (Å²) in [6.07, 6.45) is 9.59. The first kappa shape index (κ1) is 16.3. The van der Waals surface area contributed by atoms with Crippen LogP contribution in [0.2, 0.25) is 0 Å². The molecule has 0 bridgehead atoms. The van der Waals surface area contributed by atoms with E-state index >= 15 is 0 Å². The minimum Gasteiger partial charge on any atom is -0.264 e. The molecule has 0 unspecified atom stereocenters. The van der Waals surface area contributed by atoms with Gasteiger partial charge in [-0.3, -0.25) is 4.98 Å². The van der Waals surface area contributed by atoms with Crippen LogP contribution >= 0.6 is 0 Å². The largest absolute Gasteiger partial charge is 0.408 e. The zero-order valence-corrected chi connectivity index (χ0v) is 17.1. The van der Waals surface area contributed by atoms with Gasteiger partial charge in [-0.1, -0.05) is 36.4 Å². The average Bonchev–Trinajstić information content (AvgIpc) is 2.77. The third kappa shape index (κ3) is 1.89. The molecule has 0 saturated heterocycles. The average molecular weight is 385 g/mol. The van der Waals surface area contributed by atoms with Gasteiger partial charge >= 0.3 is 6.71 Å². The molecule has 5 heterocycles. The van der Waals surface area contributed by atoms with E-state index in [1.54, 1.807) is 0 Å². The van der Waals surface area contributed by atoms with Gasteiger partial charge in [0, 0.05) is 41.2 Å². The summed E-state index contributed by atoms with van der Waals surface area (Å²) in [7, 11) is 4.39. The van der Waals surface area contributed by atoms with E-state index in [0.717, 1.165) is 6.42 Å². The molecule has 7 rings (SSSR count). The van der Waals surface area contributed by atoms with Crippen LogP contribution in [0.15, 0.2) is 73.3 Å². The maximum Gasteiger partial charge on any atom is 0.408 e. The highest BCUT2D eigenvalue weighted by atomic mass is 14.9. The van der Waals surface area contributed by atoms with Crippen LogP contribution in [0.1, 0.15) is 11.1 Å². The molecule has 2 aromatic carbocycles. The predicted octanol–water partition coefficient (Wildman–Crippen LogP) is 1.44. The summed E-state index contributed by atoms with van der Waals surface area (Å²) >= 11 is 0. The maximum absolute atomic E-state index is 4.68. The van der Waals surface area contributed by atoms with Crippen molar-refractivity contribution in [3.05, 3.63) is 84.4 Å². The number of hydrogen-bond donors (Lipinski definition) is 0. The first-order valence-electron chi connectivity index (χ1n) is 10.5. The quantitative estimate of drug-likeness (QED) is 0.286. The summed E-state index contributed by atoms with van der Waals surface area (Å²) in [6, 6.07) is 17.7. The molecule has 30 heavy (non-hydrogen) atoms. The number of fused-ring (bicyclic) bond motifs is 6. The topological polar surface area (TPSA) is 20.6 Å². The normalized spacial score (nSPS) is 13.5. The highest BCUT2D eigenvalue weighted by Gasteiger charge is 2.49. The molecule has 0 amide bonds. The fraction of sp³-hybridized carbons (Fsp3) is 0.115. The van der Waals surface area contributed by atoms with Gasteiger partial charge < -0.3 is 0 Å². The van der Waals surface area contributed by atoms with Gasteiger partial charge in [-0.2, -0.15) is 0 Å². The van der Waals surface area contributed by atoms with Crippen molar-refractivity contribution in [2.45, 2.75) is 6.42 Å². The molecule has 0 N–H and O–H groups in total. The number of aromatic nitrogens is 3. The smallest absolute Gasteiger partial charge is 0.264 e. The molecule has 0 fully saturated rings. The van der Waals surface area contributed by atoms with Crippen molar-refractivity contribution in [3.63, 3.8) is 0 Å². The number of pyridine rings is 3. The molecule has 0 radical (unpaired) electrons. The summed E-state index contributed by atoms with van der Waals surface area (Å²) < 4.78 is 4.69. The molecule has 140 valence electrons. The lowest BCUT2D eigenvalue weighted by Gasteiger charge is -2.29. The second kappa shape index (κ2) is 5.54. The monoisotopic (exact) mass is 385 g/mol. The van der Waals surface area contributed by atoms with Crippen LogP contribution in [-0.4, -0.2) is 11.7 Å². The molecule has 5 aromatic rings. The van der Waals surface area contributed by atoms with Gasteiger partial charge in [-0.25, -0.2) is 9.13 Å². The number of aryl methyl sites for hydroxylation is 2. The summed E-state index contributed by atoms with van der Waals surface area (Å²) in [5, 5.41) is 5.31. The van der Waals surface area contributed by atoms with Crippen molar-refractivity contribution in [2.24, 2.45) is 14.1 Å². The van der Waals surface area contributed by atoms with Crippen LogP contribution in [0, 0.1) is 0 Å². The third-order valence-electron chi connectivity index (χ3n) is 7.08. The summed E-state index contributed by atoms with van der Waals surface area (Å²) in [5.74, 6) is 0. The third-order valence-corrected chi connectivity index (χ3v) is 7.08. The van der Waals surface area contributed by atoms with Gasteiger partial charge in [-0.05, 0) is 39.0 Å². The Kier molecular flexibility index (Phi) is 3.01. The fourth-order valence-electron chi connectivity index (χ4n) is 5.90. The van der Waals surface area contributed by atoms with Crippen LogP contribution in [0.3, 0.4) is 0 Å². The zero-order valence-electron chi connectivity index (χ0n) is 17.1. The Morgan fingerprint density at radius 1 is 0.833 bits per heavy atom. The summed E-state index contributed by atoms with van der Waals surface area (Å²) in [4.78, 5) is 4.68. The minimum absolute atomic E-state index is 0.208. The van der Waals surface area contributed by atoms with Gasteiger partial charge in [0.1, 0.15) is 14.1 Å². The van der Waals surface area contributed by atoms with Gasteiger partial charge in [0.05, 0.1) is 0 Å². The van der Waals surface area contributed by atoms with E-state index in [1.165, 1.54) is 60.4 Å². The Labute approximate surface area is 175 Å². The summed E-state index contributed by atoms with van der Waals surface area (Å²) in [6.45, 7) is 0.208. The highest BCUT2D eigenvalue weighted by Crippen LogP contribution is 2.32. The van der Waals surface area contributed by atoms with Gasteiger partial charge in [0.15, 0.2) is 23.6 Å². The first-order valence-corrected chi connectivity index (χ1v) is 10.5. The Balaban J connectivity index is 1.72. The lowest BCUT2D eigenvalue weighted by molar-refractivity contribution is -0.657. The molecule has 0 atom stereocenters. The predicted molar refractivity (Wildman–Crippen MR) is 121 cm³/mol. The second-order valence-electron chi connectivity index (χ2n) is 8.64. The molecule has 0 saturated carbocycles. The van der Waals surface area contributed by atoms with Crippen molar-refractivity contribution in [3.8, 4) is 11.1 Å². The Morgan fingerprint density at radius 2 is 1.70 bits per heavy atom. The number of rotatable bonds is 0. The van der Waals surface area contributed by atoms with Crippen molar-refractivity contribution >= 4 is 44.9 Å². The lowest BCUT2D eigenvalue weighted by Crippen LogP contribution is -2.74. The minimum atomic E-state index is 0.208. The van der Waals surface area contributed by atoms with Gasteiger partial charge in [-0.15, -0.1) is 0 Å². The molecule has 2 aliphatic rings. The molecule has 0 spiro atoms. The van der Waals surface area contributed by atoms with Gasteiger partial charge in [0.25, 0.3) is 0 Å². The Hall–Kier alpha value is -3.53. The van der Waals surface area contributed by atoms with Crippen molar-refractivity contribution in [2.75, 3.05) is 0 Å². The lowest BCUT2D eigenvalue weighted by atomic mass is 9.33. The van der Waals surface area contributed by atoms with Crippen molar-refractivity contribution in [1.82, 2.24) is 4.98 Å². The SMILES string of the molecule is C[n+]1cc2ccccc2c2c1B1c3c(cncc3-c3cccc4cc[n+](C)c1c34)C2. The van der Waals surface area contributed by atoms with E-state index in [1.807, 2.05) is 0 Å². The number of benzene rings is 2. The molecule has 3 nitrogen and oxygen atoms in total. The zero-order chi connectivity index (χ0) is 20.0. The van der Waals surface area contributed by atoms with E-state index in [0.29, 0.717) is 0 Å². The van der Waals surface area contributed by atoms with E-state index in [2.05, 4.69) is 102 Å². The Morgan fingerprint density at radius 3 is 2.63 bits per heavy atom. The molecular formula is C26H20BN3+2. The van der Waals surface area contributed by atoms with E-state index in [4.69, 9.17) is 0 Å². The molecule has 2 aliphatic heterocycles. The molecular weight excluding hydrogens is 365 g/mol. The van der Waals surface area contributed by atoms with E-state index < -0.39 is 0 Å². The van der Waals surface area contributed by atoms with E-state index in [9.17, 15) is 0 Å². The first-order chi connectivity index (χ1) is 14.7. The van der Waals surface area contributed by atoms with Gasteiger partial charge in [0.2, 0.25) is 0 Å². The van der Waals surface area contributed by atoms with Crippen LogP contribution in [0.5, 0.6) is 0 Å². The molecule has 3 aromatic heterocycles. The maximum atomic E-state index is 4.68. The number of hydrogen-bond acceptors (Lipinski definition) is 1. The standard InChI is InChI=1S/C26H20BN3/c1-29-11-10-16-7-5-9-20-22-14-28-13-18-12-21-19-8-4-3-6-17(19)15-30(2)25(21)27(24(18)22)26(29)23(16)20/h3-11,13-15H,12H2,1-2H3/q+2.